The maximum atomic E-state index is 5.78. The van der Waals surface area contributed by atoms with Crippen molar-refractivity contribution < 1.29 is 4.74 Å². The summed E-state index contributed by atoms with van der Waals surface area (Å²) in [6.07, 6.45) is 4.82. The SMILES string of the molecule is CCCNCCCCN1CCCOc2ccccc21. The van der Waals surface area contributed by atoms with E-state index in [1.165, 1.54) is 24.9 Å². The van der Waals surface area contributed by atoms with Crippen LogP contribution in [0, 0.1) is 0 Å². The van der Waals surface area contributed by atoms with Gasteiger partial charge < -0.3 is 15.0 Å². The van der Waals surface area contributed by atoms with Gasteiger partial charge in [-0.25, -0.2) is 0 Å². The number of ether oxygens (including phenoxy) is 1. The molecule has 2 rings (SSSR count). The highest BCUT2D eigenvalue weighted by atomic mass is 16.5. The van der Waals surface area contributed by atoms with Gasteiger partial charge in [-0.2, -0.15) is 0 Å². The Morgan fingerprint density at radius 3 is 3.00 bits per heavy atom. The quantitative estimate of drug-likeness (QED) is 0.764. The zero-order valence-electron chi connectivity index (χ0n) is 12.0. The molecule has 19 heavy (non-hydrogen) atoms. The molecule has 0 aliphatic carbocycles. The number of benzene rings is 1. The molecule has 0 aromatic heterocycles. The summed E-state index contributed by atoms with van der Waals surface area (Å²) >= 11 is 0. The molecule has 1 aliphatic rings. The van der Waals surface area contributed by atoms with Crippen molar-refractivity contribution in [3.8, 4) is 5.75 Å². The second-order valence-corrected chi connectivity index (χ2v) is 5.11. The lowest BCUT2D eigenvalue weighted by Crippen LogP contribution is -2.26. The van der Waals surface area contributed by atoms with E-state index >= 15 is 0 Å². The van der Waals surface area contributed by atoms with Gasteiger partial charge in [0, 0.05) is 13.1 Å². The van der Waals surface area contributed by atoms with Crippen molar-refractivity contribution in [3.63, 3.8) is 0 Å². The van der Waals surface area contributed by atoms with Crippen LogP contribution in [0.4, 0.5) is 5.69 Å². The summed E-state index contributed by atoms with van der Waals surface area (Å²) in [5, 5.41) is 3.46. The van der Waals surface area contributed by atoms with Gasteiger partial charge in [-0.05, 0) is 50.9 Å². The highest BCUT2D eigenvalue weighted by Crippen LogP contribution is 2.30. The van der Waals surface area contributed by atoms with Crippen molar-refractivity contribution in [2.24, 2.45) is 0 Å². The first-order valence-corrected chi connectivity index (χ1v) is 7.59. The lowest BCUT2D eigenvalue weighted by atomic mass is 10.2. The van der Waals surface area contributed by atoms with Crippen LogP contribution < -0.4 is 15.0 Å². The Hall–Kier alpha value is -1.22. The Balaban J connectivity index is 1.79. The van der Waals surface area contributed by atoms with Crippen LogP contribution in [0.25, 0.3) is 0 Å². The number of fused-ring (bicyclic) bond motifs is 1. The van der Waals surface area contributed by atoms with Crippen molar-refractivity contribution in [1.82, 2.24) is 5.32 Å². The van der Waals surface area contributed by atoms with Crippen LogP contribution >= 0.6 is 0 Å². The monoisotopic (exact) mass is 262 g/mol. The zero-order valence-corrected chi connectivity index (χ0v) is 12.0. The average molecular weight is 262 g/mol. The molecule has 0 saturated carbocycles. The Kier molecular flexibility index (Phi) is 6.02. The number of unbranched alkanes of at least 4 members (excludes halogenated alkanes) is 1. The van der Waals surface area contributed by atoms with Gasteiger partial charge in [-0.3, -0.25) is 0 Å². The zero-order chi connectivity index (χ0) is 13.3. The second kappa shape index (κ2) is 8.05. The van der Waals surface area contributed by atoms with Gasteiger partial charge in [0.25, 0.3) is 0 Å². The Labute approximate surface area is 116 Å². The summed E-state index contributed by atoms with van der Waals surface area (Å²) in [6.45, 7) is 7.57. The van der Waals surface area contributed by atoms with Crippen LogP contribution in [0.15, 0.2) is 24.3 Å². The molecule has 3 nitrogen and oxygen atoms in total. The van der Waals surface area contributed by atoms with E-state index in [-0.39, 0.29) is 0 Å². The molecule has 1 N–H and O–H groups in total. The van der Waals surface area contributed by atoms with Crippen molar-refractivity contribution in [3.05, 3.63) is 24.3 Å². The second-order valence-electron chi connectivity index (χ2n) is 5.11. The largest absolute Gasteiger partial charge is 0.491 e. The maximum absolute atomic E-state index is 5.78. The molecule has 0 amide bonds. The molecular formula is C16H26N2O. The average Bonchev–Trinajstić information content (AvgIpc) is 2.65. The van der Waals surface area contributed by atoms with E-state index in [2.05, 4.69) is 41.4 Å². The molecule has 1 aliphatic heterocycles. The lowest BCUT2D eigenvalue weighted by Gasteiger charge is -2.23. The summed E-state index contributed by atoms with van der Waals surface area (Å²) in [5.74, 6) is 1.05. The van der Waals surface area contributed by atoms with Crippen LogP contribution in [0.3, 0.4) is 0 Å². The standard InChI is InChI=1S/C16H26N2O/c1-2-10-17-11-5-6-12-18-13-7-14-19-16-9-4-3-8-15(16)18/h3-4,8-9,17H,2,5-7,10-14H2,1H3. The van der Waals surface area contributed by atoms with Crippen molar-refractivity contribution >= 4 is 5.69 Å². The molecule has 1 aromatic carbocycles. The summed E-state index contributed by atoms with van der Waals surface area (Å²) in [4.78, 5) is 2.47. The molecule has 0 radical (unpaired) electrons. The molecule has 0 unspecified atom stereocenters. The third kappa shape index (κ3) is 4.43. The molecule has 0 bridgehead atoms. The fraction of sp³-hybridized carbons (Fsp3) is 0.625. The van der Waals surface area contributed by atoms with Crippen molar-refractivity contribution in [2.45, 2.75) is 32.6 Å². The summed E-state index contributed by atoms with van der Waals surface area (Å²) in [7, 11) is 0. The van der Waals surface area contributed by atoms with E-state index in [1.54, 1.807) is 0 Å². The number of rotatable bonds is 7. The Morgan fingerprint density at radius 2 is 2.11 bits per heavy atom. The van der Waals surface area contributed by atoms with E-state index in [9.17, 15) is 0 Å². The van der Waals surface area contributed by atoms with Crippen molar-refractivity contribution in [1.29, 1.82) is 0 Å². The van der Waals surface area contributed by atoms with E-state index < -0.39 is 0 Å². The molecule has 1 heterocycles. The third-order valence-corrected chi connectivity index (χ3v) is 3.49. The van der Waals surface area contributed by atoms with Crippen molar-refractivity contribution in [2.75, 3.05) is 37.7 Å². The van der Waals surface area contributed by atoms with Gasteiger partial charge in [0.1, 0.15) is 5.75 Å². The fourth-order valence-electron chi connectivity index (χ4n) is 2.49. The third-order valence-electron chi connectivity index (χ3n) is 3.49. The van der Waals surface area contributed by atoms with Crippen LogP contribution in [-0.4, -0.2) is 32.8 Å². The smallest absolute Gasteiger partial charge is 0.142 e. The minimum atomic E-state index is 0.839. The van der Waals surface area contributed by atoms with Gasteiger partial charge in [0.2, 0.25) is 0 Å². The highest BCUT2D eigenvalue weighted by molar-refractivity contribution is 5.58. The van der Waals surface area contributed by atoms with E-state index in [0.717, 1.165) is 45.0 Å². The molecule has 0 atom stereocenters. The first kappa shape index (κ1) is 14.2. The number of hydrogen-bond acceptors (Lipinski definition) is 3. The van der Waals surface area contributed by atoms with Gasteiger partial charge in [-0.1, -0.05) is 19.1 Å². The number of nitrogens with one attached hydrogen (secondary N) is 1. The summed E-state index contributed by atoms with van der Waals surface area (Å²) in [5.41, 5.74) is 1.27. The van der Waals surface area contributed by atoms with Crippen LogP contribution in [0.2, 0.25) is 0 Å². The van der Waals surface area contributed by atoms with Gasteiger partial charge in [0.15, 0.2) is 0 Å². The van der Waals surface area contributed by atoms with E-state index in [0.29, 0.717) is 0 Å². The summed E-state index contributed by atoms with van der Waals surface area (Å²) in [6, 6.07) is 8.41. The number of anilines is 1. The molecule has 0 spiro atoms. The van der Waals surface area contributed by atoms with Crippen LogP contribution in [0.5, 0.6) is 5.75 Å². The molecule has 3 heteroatoms. The lowest BCUT2D eigenvalue weighted by molar-refractivity contribution is 0.322. The topological polar surface area (TPSA) is 24.5 Å². The van der Waals surface area contributed by atoms with Crippen LogP contribution in [0.1, 0.15) is 32.6 Å². The number of para-hydroxylation sites is 2. The Bertz CT molecular complexity index is 368. The first-order chi connectivity index (χ1) is 9.42. The molecule has 0 fully saturated rings. The normalized spacial score (nSPS) is 14.7. The minimum Gasteiger partial charge on any atom is -0.491 e. The molecule has 106 valence electrons. The Morgan fingerprint density at radius 1 is 1.21 bits per heavy atom. The van der Waals surface area contributed by atoms with Gasteiger partial charge in [-0.15, -0.1) is 0 Å². The predicted molar refractivity (Wildman–Crippen MR) is 81.2 cm³/mol. The van der Waals surface area contributed by atoms with E-state index in [1.807, 2.05) is 0 Å². The number of hydrogen-bond donors (Lipinski definition) is 1. The summed E-state index contributed by atoms with van der Waals surface area (Å²) < 4.78 is 5.78. The first-order valence-electron chi connectivity index (χ1n) is 7.59. The molecular weight excluding hydrogens is 236 g/mol. The van der Waals surface area contributed by atoms with Crippen LogP contribution in [-0.2, 0) is 0 Å². The number of nitrogens with zero attached hydrogens (tertiary/aromatic N) is 1. The molecule has 1 aromatic rings. The highest BCUT2D eigenvalue weighted by Gasteiger charge is 2.14. The minimum absolute atomic E-state index is 0.839. The maximum Gasteiger partial charge on any atom is 0.142 e. The predicted octanol–water partition coefficient (Wildman–Crippen LogP) is 3.06. The van der Waals surface area contributed by atoms with E-state index in [4.69, 9.17) is 4.74 Å². The molecule has 0 saturated heterocycles. The van der Waals surface area contributed by atoms with Gasteiger partial charge >= 0.3 is 0 Å². The van der Waals surface area contributed by atoms with Gasteiger partial charge in [0.05, 0.1) is 12.3 Å². The fourth-order valence-corrected chi connectivity index (χ4v) is 2.49.